The molecule has 0 bridgehead atoms. The van der Waals surface area contributed by atoms with Crippen LogP contribution in [-0.2, 0) is 4.79 Å². The summed E-state index contributed by atoms with van der Waals surface area (Å²) < 4.78 is 12.6. The number of carbonyl (C=O) groups excluding carboxylic acids is 2. The van der Waals surface area contributed by atoms with Crippen molar-refractivity contribution in [3.63, 3.8) is 0 Å². The summed E-state index contributed by atoms with van der Waals surface area (Å²) in [6.07, 6.45) is 0.270. The minimum Gasteiger partial charge on any atom is -0.354 e. The monoisotopic (exact) mass is 253 g/mol. The van der Waals surface area contributed by atoms with E-state index in [1.54, 1.807) is 0 Å². The lowest BCUT2D eigenvalue weighted by Gasteiger charge is -2.06. The molecule has 2 amide bonds. The molecule has 0 spiro atoms. The zero-order valence-electron chi connectivity index (χ0n) is 9.91. The number of amides is 2. The molecule has 1 aromatic carbocycles. The lowest BCUT2D eigenvalue weighted by molar-refractivity contribution is -0.120. The molecule has 0 aromatic heterocycles. The van der Waals surface area contributed by atoms with Crippen molar-refractivity contribution >= 4 is 11.8 Å². The fourth-order valence-corrected chi connectivity index (χ4v) is 1.30. The number of benzene rings is 1. The fourth-order valence-electron chi connectivity index (χ4n) is 1.30. The first-order valence-electron chi connectivity index (χ1n) is 5.64. The van der Waals surface area contributed by atoms with Gasteiger partial charge in [-0.1, -0.05) is 0 Å². The van der Waals surface area contributed by atoms with Gasteiger partial charge in [0.15, 0.2) is 0 Å². The average molecular weight is 253 g/mol. The summed E-state index contributed by atoms with van der Waals surface area (Å²) in [6, 6.07) is 5.24. The number of rotatable bonds is 6. The second-order valence-corrected chi connectivity index (χ2v) is 3.65. The highest BCUT2D eigenvalue weighted by Crippen LogP contribution is 2.01. The molecule has 6 heteroatoms. The van der Waals surface area contributed by atoms with Gasteiger partial charge in [-0.25, -0.2) is 4.39 Å². The van der Waals surface area contributed by atoms with Crippen molar-refractivity contribution in [3.05, 3.63) is 35.6 Å². The van der Waals surface area contributed by atoms with Gasteiger partial charge >= 0.3 is 0 Å². The highest BCUT2D eigenvalue weighted by molar-refractivity contribution is 5.94. The maximum absolute atomic E-state index is 12.6. The summed E-state index contributed by atoms with van der Waals surface area (Å²) in [7, 11) is 0. The molecular formula is C12H16FN3O2. The van der Waals surface area contributed by atoms with E-state index in [1.165, 1.54) is 24.3 Å². The van der Waals surface area contributed by atoms with Gasteiger partial charge in [-0.3, -0.25) is 9.59 Å². The zero-order valence-corrected chi connectivity index (χ0v) is 9.91. The highest BCUT2D eigenvalue weighted by atomic mass is 19.1. The van der Waals surface area contributed by atoms with Gasteiger partial charge in [0.05, 0.1) is 0 Å². The first-order chi connectivity index (χ1) is 8.63. The van der Waals surface area contributed by atoms with E-state index in [1.807, 2.05) is 0 Å². The Bertz CT molecular complexity index is 406. The summed E-state index contributed by atoms with van der Waals surface area (Å²) in [5.74, 6) is -0.836. The van der Waals surface area contributed by atoms with Crippen molar-refractivity contribution in [2.45, 2.75) is 6.42 Å². The molecule has 0 saturated heterocycles. The molecule has 5 nitrogen and oxygen atoms in total. The zero-order chi connectivity index (χ0) is 13.4. The second kappa shape index (κ2) is 7.39. The molecule has 0 atom stereocenters. The van der Waals surface area contributed by atoms with Crippen LogP contribution in [0.2, 0.25) is 0 Å². The average Bonchev–Trinajstić information content (AvgIpc) is 2.35. The standard InChI is InChI=1S/C12H16FN3O2/c13-10-3-1-9(2-4-10)12(18)16-8-7-15-11(17)5-6-14/h1-4H,5-8,14H2,(H,15,17)(H,16,18). The van der Waals surface area contributed by atoms with Crippen molar-refractivity contribution in [2.75, 3.05) is 19.6 Å². The molecule has 0 aliphatic rings. The Kier molecular flexibility index (Phi) is 5.79. The van der Waals surface area contributed by atoms with Gasteiger partial charge in [0.25, 0.3) is 5.91 Å². The summed E-state index contributed by atoms with van der Waals surface area (Å²) in [5.41, 5.74) is 5.59. The minimum absolute atomic E-state index is 0.145. The second-order valence-electron chi connectivity index (χ2n) is 3.65. The van der Waals surface area contributed by atoms with Gasteiger partial charge in [0, 0.05) is 31.6 Å². The van der Waals surface area contributed by atoms with E-state index in [4.69, 9.17) is 5.73 Å². The molecular weight excluding hydrogens is 237 g/mol. The Morgan fingerprint density at radius 1 is 1.11 bits per heavy atom. The van der Waals surface area contributed by atoms with Crippen LogP contribution >= 0.6 is 0 Å². The maximum atomic E-state index is 12.6. The molecule has 0 radical (unpaired) electrons. The van der Waals surface area contributed by atoms with E-state index in [-0.39, 0.29) is 24.1 Å². The van der Waals surface area contributed by atoms with Gasteiger partial charge in [-0.2, -0.15) is 0 Å². The van der Waals surface area contributed by atoms with Crippen LogP contribution in [0.4, 0.5) is 4.39 Å². The Morgan fingerprint density at radius 3 is 2.33 bits per heavy atom. The minimum atomic E-state index is -0.388. The SMILES string of the molecule is NCCC(=O)NCCNC(=O)c1ccc(F)cc1. The molecule has 0 aliphatic heterocycles. The molecule has 1 aromatic rings. The summed E-state index contributed by atoms with van der Waals surface area (Å²) in [5, 5.41) is 5.21. The lowest BCUT2D eigenvalue weighted by Crippen LogP contribution is -2.35. The van der Waals surface area contributed by atoms with E-state index in [9.17, 15) is 14.0 Å². The molecule has 4 N–H and O–H groups in total. The van der Waals surface area contributed by atoms with Crippen molar-refractivity contribution < 1.29 is 14.0 Å². The fraction of sp³-hybridized carbons (Fsp3) is 0.333. The van der Waals surface area contributed by atoms with Crippen LogP contribution in [0.5, 0.6) is 0 Å². The van der Waals surface area contributed by atoms with Crippen LogP contribution in [0.3, 0.4) is 0 Å². The van der Waals surface area contributed by atoms with Crippen LogP contribution in [0.15, 0.2) is 24.3 Å². The largest absolute Gasteiger partial charge is 0.354 e. The molecule has 0 heterocycles. The molecule has 0 aliphatic carbocycles. The highest BCUT2D eigenvalue weighted by Gasteiger charge is 2.04. The normalized spacial score (nSPS) is 9.89. The summed E-state index contributed by atoms with van der Waals surface area (Å²) in [4.78, 5) is 22.6. The molecule has 0 unspecified atom stereocenters. The Labute approximate surface area is 105 Å². The van der Waals surface area contributed by atoms with E-state index in [2.05, 4.69) is 10.6 Å². The third kappa shape index (κ3) is 4.92. The molecule has 0 fully saturated rings. The molecule has 0 saturated carbocycles. The van der Waals surface area contributed by atoms with Crippen molar-refractivity contribution in [3.8, 4) is 0 Å². The van der Waals surface area contributed by atoms with Crippen LogP contribution in [0, 0.1) is 5.82 Å². The Morgan fingerprint density at radius 2 is 1.72 bits per heavy atom. The predicted octanol–water partition coefficient (Wildman–Crippen LogP) is 0.0205. The van der Waals surface area contributed by atoms with Crippen LogP contribution in [0.25, 0.3) is 0 Å². The van der Waals surface area contributed by atoms with Crippen LogP contribution in [0.1, 0.15) is 16.8 Å². The topological polar surface area (TPSA) is 84.2 Å². The van der Waals surface area contributed by atoms with E-state index in [0.29, 0.717) is 25.2 Å². The number of halogens is 1. The van der Waals surface area contributed by atoms with Crippen molar-refractivity contribution in [1.29, 1.82) is 0 Å². The van der Waals surface area contributed by atoms with Gasteiger partial charge < -0.3 is 16.4 Å². The predicted molar refractivity (Wildman–Crippen MR) is 65.4 cm³/mol. The molecule has 98 valence electrons. The van der Waals surface area contributed by atoms with Crippen molar-refractivity contribution in [1.82, 2.24) is 10.6 Å². The van der Waals surface area contributed by atoms with Gasteiger partial charge in [-0.15, -0.1) is 0 Å². The Hall–Kier alpha value is -1.95. The van der Waals surface area contributed by atoms with Crippen LogP contribution < -0.4 is 16.4 Å². The number of nitrogens with two attached hydrogens (primary N) is 1. The first-order valence-corrected chi connectivity index (χ1v) is 5.64. The molecule has 18 heavy (non-hydrogen) atoms. The quantitative estimate of drug-likeness (QED) is 0.625. The third-order valence-electron chi connectivity index (χ3n) is 2.21. The van der Waals surface area contributed by atoms with Gasteiger partial charge in [0.1, 0.15) is 5.82 Å². The van der Waals surface area contributed by atoms with Gasteiger partial charge in [-0.05, 0) is 24.3 Å². The lowest BCUT2D eigenvalue weighted by atomic mass is 10.2. The first kappa shape index (κ1) is 14.1. The maximum Gasteiger partial charge on any atom is 0.251 e. The number of hydrogen-bond donors (Lipinski definition) is 3. The van der Waals surface area contributed by atoms with Crippen molar-refractivity contribution in [2.24, 2.45) is 5.73 Å². The van der Waals surface area contributed by atoms with Crippen LogP contribution in [-0.4, -0.2) is 31.4 Å². The number of hydrogen-bond acceptors (Lipinski definition) is 3. The summed E-state index contributed by atoms with van der Waals surface area (Å²) >= 11 is 0. The van der Waals surface area contributed by atoms with E-state index in [0.717, 1.165) is 0 Å². The smallest absolute Gasteiger partial charge is 0.251 e. The van der Waals surface area contributed by atoms with Gasteiger partial charge in [0.2, 0.25) is 5.91 Å². The number of carbonyl (C=O) groups is 2. The third-order valence-corrected chi connectivity index (χ3v) is 2.21. The van der Waals surface area contributed by atoms with E-state index >= 15 is 0 Å². The molecule has 1 rings (SSSR count). The Balaban J connectivity index is 2.25. The van der Waals surface area contributed by atoms with E-state index < -0.39 is 0 Å². The summed E-state index contributed by atoms with van der Waals surface area (Å²) in [6.45, 7) is 0.950. The number of nitrogens with one attached hydrogen (secondary N) is 2.